The van der Waals surface area contributed by atoms with Crippen molar-refractivity contribution in [3.05, 3.63) is 28.1 Å². The molecule has 0 saturated heterocycles. The maximum absolute atomic E-state index is 5.55. The number of hydrogen-bond donors (Lipinski definition) is 1. The van der Waals surface area contributed by atoms with E-state index in [1.165, 1.54) is 21.7 Å². The molecule has 72 valence electrons. The lowest BCUT2D eigenvalue weighted by Crippen LogP contribution is -2.11. The van der Waals surface area contributed by atoms with E-state index in [4.69, 9.17) is 5.73 Å². The van der Waals surface area contributed by atoms with Gasteiger partial charge in [-0.15, -0.1) is 11.3 Å². The Labute approximate surface area is 86.2 Å². The minimum atomic E-state index is 0.646. The summed E-state index contributed by atoms with van der Waals surface area (Å²) < 4.78 is 2.02. The van der Waals surface area contributed by atoms with Crippen molar-refractivity contribution in [3.8, 4) is 11.3 Å². The largest absolute Gasteiger partial charge is 0.329 e. The van der Waals surface area contributed by atoms with Crippen LogP contribution in [0.3, 0.4) is 0 Å². The smallest absolute Gasteiger partial charge is 0.0729 e. The molecule has 0 saturated carbocycles. The van der Waals surface area contributed by atoms with Gasteiger partial charge in [0.05, 0.1) is 18.4 Å². The molecule has 1 aliphatic rings. The fourth-order valence-electron chi connectivity index (χ4n) is 2.02. The second-order valence-electron chi connectivity index (χ2n) is 3.46. The Bertz CT molecular complexity index is 469. The molecule has 0 fully saturated rings. The molecule has 0 spiro atoms. The predicted molar refractivity (Wildman–Crippen MR) is 57.4 cm³/mol. The van der Waals surface area contributed by atoms with Crippen LogP contribution in [0.5, 0.6) is 0 Å². The van der Waals surface area contributed by atoms with E-state index in [2.05, 4.69) is 16.5 Å². The Kier molecular flexibility index (Phi) is 1.72. The van der Waals surface area contributed by atoms with E-state index < -0.39 is 0 Å². The molecule has 2 heterocycles. The average Bonchev–Trinajstić information content (AvgIpc) is 2.77. The van der Waals surface area contributed by atoms with Gasteiger partial charge >= 0.3 is 0 Å². The van der Waals surface area contributed by atoms with Crippen LogP contribution in [0, 0.1) is 0 Å². The first-order valence-corrected chi connectivity index (χ1v) is 5.59. The van der Waals surface area contributed by atoms with Crippen LogP contribution in [0.1, 0.15) is 10.4 Å². The summed E-state index contributed by atoms with van der Waals surface area (Å²) in [6.45, 7) is 1.46. The molecule has 1 aliphatic carbocycles. The van der Waals surface area contributed by atoms with Crippen LogP contribution < -0.4 is 5.73 Å². The van der Waals surface area contributed by atoms with Crippen molar-refractivity contribution < 1.29 is 0 Å². The third-order valence-electron chi connectivity index (χ3n) is 2.61. The standard InChI is InChI=1S/C10H11N3S/c11-2-3-13-10-7(6-12-13)5-9-8(10)1-4-14-9/h1,4,6H,2-3,5,11H2. The maximum Gasteiger partial charge on any atom is 0.0729 e. The van der Waals surface area contributed by atoms with Crippen molar-refractivity contribution in [2.45, 2.75) is 13.0 Å². The van der Waals surface area contributed by atoms with Crippen molar-refractivity contribution in [1.82, 2.24) is 9.78 Å². The first-order valence-electron chi connectivity index (χ1n) is 4.71. The first kappa shape index (κ1) is 8.20. The van der Waals surface area contributed by atoms with E-state index in [1.54, 1.807) is 0 Å². The van der Waals surface area contributed by atoms with Gasteiger partial charge in [0.1, 0.15) is 0 Å². The molecule has 2 aromatic heterocycles. The van der Waals surface area contributed by atoms with Crippen LogP contribution in [-0.4, -0.2) is 16.3 Å². The summed E-state index contributed by atoms with van der Waals surface area (Å²) in [7, 11) is 0. The number of rotatable bonds is 2. The van der Waals surface area contributed by atoms with Crippen LogP contribution in [0.25, 0.3) is 11.3 Å². The van der Waals surface area contributed by atoms with E-state index in [1.807, 2.05) is 22.2 Å². The average molecular weight is 205 g/mol. The van der Waals surface area contributed by atoms with Gasteiger partial charge in [-0.25, -0.2) is 0 Å². The van der Waals surface area contributed by atoms with Crippen LogP contribution in [0.4, 0.5) is 0 Å². The van der Waals surface area contributed by atoms with E-state index in [-0.39, 0.29) is 0 Å². The lowest BCUT2D eigenvalue weighted by Gasteiger charge is -2.02. The molecule has 3 rings (SSSR count). The van der Waals surface area contributed by atoms with Gasteiger partial charge in [-0.1, -0.05) is 0 Å². The number of fused-ring (bicyclic) bond motifs is 3. The Morgan fingerprint density at radius 3 is 3.36 bits per heavy atom. The van der Waals surface area contributed by atoms with Gasteiger partial charge in [0.2, 0.25) is 0 Å². The highest BCUT2D eigenvalue weighted by atomic mass is 32.1. The Hall–Kier alpha value is -1.13. The monoisotopic (exact) mass is 205 g/mol. The highest BCUT2D eigenvalue weighted by Gasteiger charge is 2.23. The van der Waals surface area contributed by atoms with Gasteiger partial charge in [0.15, 0.2) is 0 Å². The van der Waals surface area contributed by atoms with Gasteiger partial charge in [0, 0.05) is 29.0 Å². The molecule has 0 atom stereocenters. The van der Waals surface area contributed by atoms with Crippen molar-refractivity contribution in [2.75, 3.05) is 6.54 Å². The van der Waals surface area contributed by atoms with E-state index in [0.717, 1.165) is 13.0 Å². The summed E-state index contributed by atoms with van der Waals surface area (Å²) >= 11 is 1.83. The molecule has 2 N–H and O–H groups in total. The topological polar surface area (TPSA) is 43.8 Å². The molecule has 0 amide bonds. The second-order valence-corrected chi connectivity index (χ2v) is 4.47. The Morgan fingerprint density at radius 1 is 1.57 bits per heavy atom. The van der Waals surface area contributed by atoms with Crippen molar-refractivity contribution in [3.63, 3.8) is 0 Å². The zero-order valence-corrected chi connectivity index (χ0v) is 8.55. The molecule has 0 radical (unpaired) electrons. The summed E-state index contributed by atoms with van der Waals surface area (Å²) in [4.78, 5) is 1.46. The SMILES string of the molecule is NCCn1ncc2c1-c1ccsc1C2. The first-order chi connectivity index (χ1) is 6.90. The third kappa shape index (κ3) is 0.980. The highest BCUT2D eigenvalue weighted by Crippen LogP contribution is 2.39. The molecule has 2 aromatic rings. The normalized spacial score (nSPS) is 12.9. The summed E-state index contributed by atoms with van der Waals surface area (Å²) in [5.74, 6) is 0. The lowest BCUT2D eigenvalue weighted by molar-refractivity contribution is 0.632. The molecule has 0 aromatic carbocycles. The fourth-order valence-corrected chi connectivity index (χ4v) is 2.92. The van der Waals surface area contributed by atoms with Crippen LogP contribution in [0.15, 0.2) is 17.6 Å². The molecule has 0 aliphatic heterocycles. The van der Waals surface area contributed by atoms with Crippen LogP contribution >= 0.6 is 11.3 Å². The van der Waals surface area contributed by atoms with Gasteiger partial charge in [-0.3, -0.25) is 4.68 Å². The number of thiophene rings is 1. The third-order valence-corrected chi connectivity index (χ3v) is 3.53. The molecule has 4 heteroatoms. The zero-order valence-electron chi connectivity index (χ0n) is 7.73. The van der Waals surface area contributed by atoms with Gasteiger partial charge in [0.25, 0.3) is 0 Å². The van der Waals surface area contributed by atoms with Gasteiger partial charge in [-0.05, 0) is 11.4 Å². The minimum Gasteiger partial charge on any atom is -0.329 e. The molecular weight excluding hydrogens is 194 g/mol. The lowest BCUT2D eigenvalue weighted by atomic mass is 10.2. The van der Waals surface area contributed by atoms with Crippen LogP contribution in [-0.2, 0) is 13.0 Å². The maximum atomic E-state index is 5.55. The molecular formula is C10H11N3S. The van der Waals surface area contributed by atoms with Crippen molar-refractivity contribution >= 4 is 11.3 Å². The fraction of sp³-hybridized carbons (Fsp3) is 0.300. The molecule has 0 unspecified atom stereocenters. The zero-order chi connectivity index (χ0) is 9.54. The highest BCUT2D eigenvalue weighted by molar-refractivity contribution is 7.10. The number of nitrogens with two attached hydrogens (primary N) is 1. The molecule has 14 heavy (non-hydrogen) atoms. The van der Waals surface area contributed by atoms with Crippen molar-refractivity contribution in [2.24, 2.45) is 5.73 Å². The number of nitrogens with zero attached hydrogens (tertiary/aromatic N) is 2. The Balaban J connectivity index is 2.15. The summed E-state index contributed by atoms with van der Waals surface area (Å²) in [5, 5.41) is 6.49. The number of hydrogen-bond acceptors (Lipinski definition) is 3. The predicted octanol–water partition coefficient (Wildman–Crippen LogP) is 1.47. The van der Waals surface area contributed by atoms with Gasteiger partial charge in [-0.2, -0.15) is 5.10 Å². The molecule has 0 bridgehead atoms. The van der Waals surface area contributed by atoms with Gasteiger partial charge < -0.3 is 5.73 Å². The van der Waals surface area contributed by atoms with Crippen LogP contribution in [0.2, 0.25) is 0 Å². The quantitative estimate of drug-likeness (QED) is 0.688. The van der Waals surface area contributed by atoms with E-state index in [0.29, 0.717) is 6.54 Å². The second kappa shape index (κ2) is 2.93. The Morgan fingerprint density at radius 2 is 2.50 bits per heavy atom. The minimum absolute atomic E-state index is 0.646. The number of aromatic nitrogens is 2. The van der Waals surface area contributed by atoms with Crippen molar-refractivity contribution in [1.29, 1.82) is 0 Å². The van der Waals surface area contributed by atoms with E-state index in [9.17, 15) is 0 Å². The summed E-state index contributed by atoms with van der Waals surface area (Å²) in [6.07, 6.45) is 3.02. The van der Waals surface area contributed by atoms with E-state index >= 15 is 0 Å². The molecule has 3 nitrogen and oxygen atoms in total. The summed E-state index contributed by atoms with van der Waals surface area (Å²) in [5.41, 5.74) is 9.54. The summed E-state index contributed by atoms with van der Waals surface area (Å²) in [6, 6.07) is 2.18.